The molecule has 2 aromatic carbocycles. The highest BCUT2D eigenvalue weighted by molar-refractivity contribution is 7.92. The molecule has 0 N–H and O–H groups in total. The molecule has 6 heteroatoms. The number of aromatic nitrogens is 1. The van der Waals surface area contributed by atoms with Gasteiger partial charge in [0.15, 0.2) is 15.0 Å². The van der Waals surface area contributed by atoms with Gasteiger partial charge in [-0.1, -0.05) is 34.9 Å². The van der Waals surface area contributed by atoms with Crippen LogP contribution in [0.5, 0.6) is 0 Å². The van der Waals surface area contributed by atoms with Gasteiger partial charge in [0.25, 0.3) is 0 Å². The van der Waals surface area contributed by atoms with E-state index >= 15 is 0 Å². The van der Waals surface area contributed by atoms with Crippen molar-refractivity contribution in [3.63, 3.8) is 0 Å². The Morgan fingerprint density at radius 1 is 0.931 bits per heavy atom. The van der Waals surface area contributed by atoms with Crippen LogP contribution < -0.4 is 4.90 Å². The number of anilines is 1. The van der Waals surface area contributed by atoms with E-state index in [1.807, 2.05) is 19.1 Å². The van der Waals surface area contributed by atoms with Crippen LogP contribution in [-0.2, 0) is 9.84 Å². The van der Waals surface area contributed by atoms with Crippen molar-refractivity contribution >= 4 is 26.3 Å². The van der Waals surface area contributed by atoms with E-state index in [1.54, 1.807) is 23.5 Å². The summed E-state index contributed by atoms with van der Waals surface area (Å²) in [5.74, 6) is 0. The van der Waals surface area contributed by atoms with Crippen LogP contribution >= 0.6 is 11.3 Å². The van der Waals surface area contributed by atoms with Crippen LogP contribution in [0.25, 0.3) is 11.3 Å². The third-order valence-electron chi connectivity index (χ3n) is 5.51. The molecule has 0 atom stereocenters. The molecular weight excluding hydrogens is 400 g/mol. The number of thiazole rings is 1. The number of piperidine rings is 1. The topological polar surface area (TPSA) is 50.3 Å². The predicted molar refractivity (Wildman–Crippen MR) is 121 cm³/mol. The van der Waals surface area contributed by atoms with Gasteiger partial charge in [-0.25, -0.2) is 13.4 Å². The van der Waals surface area contributed by atoms with Crippen molar-refractivity contribution < 1.29 is 8.42 Å². The quantitative estimate of drug-likeness (QED) is 0.577. The Morgan fingerprint density at radius 2 is 1.55 bits per heavy atom. The van der Waals surface area contributed by atoms with E-state index < -0.39 is 9.84 Å². The summed E-state index contributed by atoms with van der Waals surface area (Å²) in [6.07, 6.45) is 1.27. The van der Waals surface area contributed by atoms with Gasteiger partial charge in [0.05, 0.1) is 15.8 Å². The highest BCUT2D eigenvalue weighted by atomic mass is 32.2. The van der Waals surface area contributed by atoms with Gasteiger partial charge in [-0.15, -0.1) is 11.3 Å². The predicted octanol–water partition coefficient (Wildman–Crippen LogP) is 5.18. The average Bonchev–Trinajstić information content (AvgIpc) is 3.18. The number of benzene rings is 2. The zero-order chi connectivity index (χ0) is 20.6. The highest BCUT2D eigenvalue weighted by Crippen LogP contribution is 2.32. The fourth-order valence-electron chi connectivity index (χ4n) is 3.94. The summed E-state index contributed by atoms with van der Waals surface area (Å²) in [7, 11) is -3.28. The lowest BCUT2D eigenvalue weighted by Crippen LogP contribution is -2.39. The molecule has 0 radical (unpaired) electrons. The van der Waals surface area contributed by atoms with Crippen LogP contribution in [-0.4, -0.2) is 31.7 Å². The average molecular weight is 427 g/mol. The van der Waals surface area contributed by atoms with Crippen molar-refractivity contribution in [2.75, 3.05) is 18.0 Å². The Bertz CT molecular complexity index is 1090. The number of nitrogens with zero attached hydrogens (tertiary/aromatic N) is 2. The van der Waals surface area contributed by atoms with Crippen molar-refractivity contribution in [2.24, 2.45) is 0 Å². The second-order valence-corrected chi connectivity index (χ2v) is 11.0. The molecule has 152 valence electrons. The highest BCUT2D eigenvalue weighted by Gasteiger charge is 2.32. The second-order valence-electron chi connectivity index (χ2n) is 7.94. The van der Waals surface area contributed by atoms with Crippen molar-refractivity contribution in [1.29, 1.82) is 0 Å². The minimum absolute atomic E-state index is 0.319. The van der Waals surface area contributed by atoms with Gasteiger partial charge >= 0.3 is 0 Å². The van der Waals surface area contributed by atoms with Crippen molar-refractivity contribution in [3.8, 4) is 11.3 Å². The molecule has 1 saturated heterocycles. The lowest BCUT2D eigenvalue weighted by Gasteiger charge is -2.31. The van der Waals surface area contributed by atoms with E-state index in [-0.39, 0.29) is 5.25 Å². The van der Waals surface area contributed by atoms with Crippen LogP contribution in [0.2, 0.25) is 0 Å². The first-order chi connectivity index (χ1) is 13.8. The maximum Gasteiger partial charge on any atom is 0.185 e. The molecule has 0 amide bonds. The Morgan fingerprint density at radius 3 is 2.17 bits per heavy atom. The summed E-state index contributed by atoms with van der Waals surface area (Å²) < 4.78 is 25.9. The lowest BCUT2D eigenvalue weighted by atomic mass is 10.1. The summed E-state index contributed by atoms with van der Waals surface area (Å²) >= 11 is 1.63. The first kappa shape index (κ1) is 20.1. The molecular formula is C23H26N2O2S2. The molecule has 0 bridgehead atoms. The molecule has 1 aliphatic rings. The fraction of sp³-hybridized carbons (Fsp3) is 0.348. The number of hydrogen-bond donors (Lipinski definition) is 0. The molecule has 4 nitrogen and oxygen atoms in total. The van der Waals surface area contributed by atoms with Crippen LogP contribution in [0.1, 0.15) is 29.5 Å². The Labute approximate surface area is 177 Å². The minimum atomic E-state index is -3.28. The molecule has 0 unspecified atom stereocenters. The summed E-state index contributed by atoms with van der Waals surface area (Å²) in [4.78, 5) is 7.49. The third-order valence-corrected chi connectivity index (χ3v) is 8.69. The largest absolute Gasteiger partial charge is 0.348 e. The van der Waals surface area contributed by atoms with E-state index in [4.69, 9.17) is 4.98 Å². The Balaban J connectivity index is 1.46. The third kappa shape index (κ3) is 4.23. The first-order valence-corrected chi connectivity index (χ1v) is 12.4. The molecule has 1 aliphatic heterocycles. The number of sulfone groups is 1. The summed E-state index contributed by atoms with van der Waals surface area (Å²) in [5.41, 5.74) is 5.67. The van der Waals surface area contributed by atoms with E-state index in [1.165, 1.54) is 11.1 Å². The Hall–Kier alpha value is -2.18. The van der Waals surface area contributed by atoms with Crippen molar-refractivity contribution in [3.05, 3.63) is 64.5 Å². The molecule has 29 heavy (non-hydrogen) atoms. The van der Waals surface area contributed by atoms with E-state index in [0.29, 0.717) is 17.7 Å². The summed E-state index contributed by atoms with van der Waals surface area (Å²) in [6, 6.07) is 13.7. The minimum Gasteiger partial charge on any atom is -0.348 e. The van der Waals surface area contributed by atoms with Gasteiger partial charge in [-0.05, 0) is 57.9 Å². The van der Waals surface area contributed by atoms with Crippen LogP contribution in [0.3, 0.4) is 0 Å². The van der Waals surface area contributed by atoms with Crippen LogP contribution in [0.4, 0.5) is 5.13 Å². The monoisotopic (exact) mass is 426 g/mol. The van der Waals surface area contributed by atoms with E-state index in [9.17, 15) is 8.42 Å². The molecule has 1 aromatic heterocycles. The van der Waals surface area contributed by atoms with Crippen LogP contribution in [0, 0.1) is 20.8 Å². The number of aryl methyl sites for hydroxylation is 3. The van der Waals surface area contributed by atoms with Gasteiger partial charge in [0.2, 0.25) is 0 Å². The molecule has 2 heterocycles. The summed E-state index contributed by atoms with van der Waals surface area (Å²) in [5, 5.41) is 2.75. The summed E-state index contributed by atoms with van der Waals surface area (Å²) in [6.45, 7) is 7.60. The molecule has 0 spiro atoms. The molecule has 0 saturated carbocycles. The smallest absolute Gasteiger partial charge is 0.185 e. The lowest BCUT2D eigenvalue weighted by molar-refractivity contribution is 0.529. The zero-order valence-electron chi connectivity index (χ0n) is 17.1. The number of hydrogen-bond acceptors (Lipinski definition) is 5. The van der Waals surface area contributed by atoms with E-state index in [2.05, 4.69) is 42.3 Å². The maximum atomic E-state index is 13.0. The van der Waals surface area contributed by atoms with Crippen molar-refractivity contribution in [1.82, 2.24) is 4.98 Å². The van der Waals surface area contributed by atoms with Gasteiger partial charge in [0.1, 0.15) is 0 Å². The fourth-order valence-corrected chi connectivity index (χ4v) is 6.56. The van der Waals surface area contributed by atoms with Crippen molar-refractivity contribution in [2.45, 2.75) is 43.8 Å². The standard InChI is InChI=1S/C23H26N2O2S2/c1-16-4-6-20(7-5-16)29(26,27)21-8-10-25(11-9-21)23-24-22(15-28-23)19-13-17(2)12-18(3)14-19/h4-7,12-15,21H,8-11H2,1-3H3. The van der Waals surface area contributed by atoms with Gasteiger partial charge < -0.3 is 4.90 Å². The molecule has 4 rings (SSSR count). The van der Waals surface area contributed by atoms with Gasteiger partial charge in [-0.2, -0.15) is 0 Å². The van der Waals surface area contributed by atoms with Gasteiger partial charge in [0, 0.05) is 24.0 Å². The van der Waals surface area contributed by atoms with E-state index in [0.717, 1.165) is 35.0 Å². The number of rotatable bonds is 4. The second kappa shape index (κ2) is 7.92. The molecule has 1 fully saturated rings. The Kier molecular flexibility index (Phi) is 5.49. The SMILES string of the molecule is Cc1ccc(S(=O)(=O)C2CCN(c3nc(-c4cc(C)cc(C)c4)cs3)CC2)cc1. The zero-order valence-corrected chi connectivity index (χ0v) is 18.7. The van der Waals surface area contributed by atoms with Crippen LogP contribution in [0.15, 0.2) is 52.7 Å². The molecule has 3 aromatic rings. The molecule has 0 aliphatic carbocycles. The maximum absolute atomic E-state index is 13.0. The van der Waals surface area contributed by atoms with Gasteiger partial charge in [-0.3, -0.25) is 0 Å². The normalized spacial score (nSPS) is 15.6. The first-order valence-electron chi connectivity index (χ1n) is 9.92.